The molecule has 1 N–H and O–H groups in total. The number of hydrogen-bond donors (Lipinski definition) is 1. The van der Waals surface area contributed by atoms with Crippen molar-refractivity contribution in [3.8, 4) is 0 Å². The number of hydrogen-bond acceptors (Lipinski definition) is 5. The van der Waals surface area contributed by atoms with Crippen LogP contribution in [-0.4, -0.2) is 42.3 Å². The van der Waals surface area contributed by atoms with E-state index in [-0.39, 0.29) is 21.2 Å². The molecule has 8 nitrogen and oxygen atoms in total. The van der Waals surface area contributed by atoms with Crippen LogP contribution in [0.15, 0.2) is 59.5 Å². The first-order chi connectivity index (χ1) is 12.3. The second kappa shape index (κ2) is 6.60. The zero-order valence-corrected chi connectivity index (χ0v) is 14.2. The van der Waals surface area contributed by atoms with Crippen LogP contribution in [0.4, 0.5) is 10.5 Å². The molecular formula is C17H14N2O6S. The van der Waals surface area contributed by atoms with E-state index < -0.39 is 34.5 Å². The lowest BCUT2D eigenvalue weighted by Gasteiger charge is -2.17. The van der Waals surface area contributed by atoms with Gasteiger partial charge in [-0.15, -0.1) is 4.31 Å². The first-order valence-corrected chi connectivity index (χ1v) is 9.00. The molecule has 3 amide bonds. The van der Waals surface area contributed by atoms with Gasteiger partial charge in [0.1, 0.15) is 6.54 Å². The number of sulfonamides is 1. The number of urea groups is 1. The van der Waals surface area contributed by atoms with Gasteiger partial charge in [0.15, 0.2) is 0 Å². The third kappa shape index (κ3) is 3.16. The molecule has 0 spiro atoms. The number of nitrogens with zero attached hydrogens (tertiary/aromatic N) is 2. The highest BCUT2D eigenvalue weighted by Gasteiger charge is 2.45. The van der Waals surface area contributed by atoms with Gasteiger partial charge in [-0.2, -0.15) is 0 Å². The van der Waals surface area contributed by atoms with Crippen LogP contribution in [0.1, 0.15) is 5.56 Å². The number of carboxylic acids is 1. The molecule has 1 aliphatic heterocycles. The highest BCUT2D eigenvalue weighted by molar-refractivity contribution is 7.90. The number of carbonyl (C=O) groups excluding carboxylic acids is 2. The molecular weight excluding hydrogens is 360 g/mol. The van der Waals surface area contributed by atoms with Crippen LogP contribution >= 0.6 is 0 Å². The van der Waals surface area contributed by atoms with Crippen molar-refractivity contribution >= 4 is 33.6 Å². The minimum Gasteiger partial charge on any atom is -0.481 e. The summed E-state index contributed by atoms with van der Waals surface area (Å²) in [5, 5.41) is 8.84. The van der Waals surface area contributed by atoms with E-state index in [1.165, 1.54) is 18.2 Å². The third-order valence-corrected chi connectivity index (χ3v) is 5.47. The zero-order chi connectivity index (χ0) is 18.9. The van der Waals surface area contributed by atoms with Crippen LogP contribution in [0, 0.1) is 0 Å². The van der Waals surface area contributed by atoms with Crippen molar-refractivity contribution in [2.45, 2.75) is 11.3 Å². The summed E-state index contributed by atoms with van der Waals surface area (Å²) in [5.41, 5.74) is 0.653. The highest BCUT2D eigenvalue weighted by Crippen LogP contribution is 2.26. The van der Waals surface area contributed by atoms with E-state index in [0.29, 0.717) is 5.69 Å². The Bertz CT molecular complexity index is 987. The average Bonchev–Trinajstić information content (AvgIpc) is 2.90. The van der Waals surface area contributed by atoms with Gasteiger partial charge in [0.25, 0.3) is 15.9 Å². The smallest absolute Gasteiger partial charge is 0.346 e. The fraction of sp³-hybridized carbons (Fsp3) is 0.118. The normalized spacial score (nSPS) is 14.8. The van der Waals surface area contributed by atoms with Gasteiger partial charge >= 0.3 is 12.0 Å². The van der Waals surface area contributed by atoms with E-state index >= 15 is 0 Å². The molecule has 9 heteroatoms. The maximum Gasteiger partial charge on any atom is 0.346 e. The lowest BCUT2D eigenvalue weighted by molar-refractivity contribution is -0.136. The Morgan fingerprint density at radius 2 is 1.73 bits per heavy atom. The van der Waals surface area contributed by atoms with Crippen molar-refractivity contribution in [1.29, 1.82) is 0 Å². The summed E-state index contributed by atoms with van der Waals surface area (Å²) in [7, 11) is -4.44. The number of amides is 3. The molecule has 0 aliphatic carbocycles. The molecule has 134 valence electrons. The quantitative estimate of drug-likeness (QED) is 0.793. The summed E-state index contributed by atoms with van der Waals surface area (Å²) in [6, 6.07) is 12.5. The van der Waals surface area contributed by atoms with E-state index in [1.807, 2.05) is 0 Å². The van der Waals surface area contributed by atoms with E-state index in [4.69, 9.17) is 5.11 Å². The van der Waals surface area contributed by atoms with E-state index in [9.17, 15) is 22.8 Å². The molecule has 0 unspecified atom stereocenters. The van der Waals surface area contributed by atoms with Gasteiger partial charge < -0.3 is 5.11 Å². The van der Waals surface area contributed by atoms with Crippen molar-refractivity contribution in [3.63, 3.8) is 0 Å². The molecule has 1 heterocycles. The lowest BCUT2D eigenvalue weighted by atomic mass is 10.2. The number of para-hydroxylation sites is 1. The van der Waals surface area contributed by atoms with Gasteiger partial charge in [0.05, 0.1) is 11.3 Å². The van der Waals surface area contributed by atoms with Crippen LogP contribution in [0.5, 0.6) is 0 Å². The molecule has 0 aromatic heterocycles. The average molecular weight is 374 g/mol. The van der Waals surface area contributed by atoms with Crippen LogP contribution < -0.4 is 4.90 Å². The Labute approximate surface area is 149 Å². The summed E-state index contributed by atoms with van der Waals surface area (Å²) in [5.74, 6) is -1.99. The van der Waals surface area contributed by atoms with Gasteiger partial charge in [0, 0.05) is 5.69 Å². The fourth-order valence-corrected chi connectivity index (χ4v) is 4.02. The fourth-order valence-electron chi connectivity index (χ4n) is 2.63. The summed E-state index contributed by atoms with van der Waals surface area (Å²) >= 11 is 0. The Balaban J connectivity index is 1.96. The maximum atomic E-state index is 12.8. The first-order valence-electron chi connectivity index (χ1n) is 7.56. The second-order valence-corrected chi connectivity index (χ2v) is 7.37. The molecule has 0 bridgehead atoms. The largest absolute Gasteiger partial charge is 0.481 e. The van der Waals surface area contributed by atoms with Crippen molar-refractivity contribution in [2.75, 3.05) is 11.4 Å². The number of aliphatic carboxylic acids is 1. The molecule has 1 saturated heterocycles. The van der Waals surface area contributed by atoms with E-state index in [2.05, 4.69) is 0 Å². The summed E-state index contributed by atoms with van der Waals surface area (Å²) in [4.78, 5) is 36.4. The van der Waals surface area contributed by atoms with Gasteiger partial charge in [-0.3, -0.25) is 14.5 Å². The van der Waals surface area contributed by atoms with E-state index in [1.54, 1.807) is 30.3 Å². The SMILES string of the molecule is O=C(O)Cc1cccc(S(=O)(=O)N2C(=O)CN(c3ccccc3)C2=O)c1. The Morgan fingerprint density at radius 3 is 2.38 bits per heavy atom. The monoisotopic (exact) mass is 374 g/mol. The molecule has 0 radical (unpaired) electrons. The molecule has 1 fully saturated rings. The molecule has 3 rings (SSSR count). The number of anilines is 1. The minimum atomic E-state index is -4.44. The second-order valence-electron chi connectivity index (χ2n) is 5.59. The summed E-state index contributed by atoms with van der Waals surface area (Å²) < 4.78 is 25.8. The van der Waals surface area contributed by atoms with Crippen molar-refractivity contribution in [3.05, 3.63) is 60.2 Å². The number of benzene rings is 2. The van der Waals surface area contributed by atoms with E-state index in [0.717, 1.165) is 11.0 Å². The number of carboxylic acid groups (broad SMARTS) is 1. The molecule has 26 heavy (non-hydrogen) atoms. The molecule has 2 aromatic rings. The van der Waals surface area contributed by atoms with Crippen molar-refractivity contribution < 1.29 is 27.9 Å². The van der Waals surface area contributed by atoms with Crippen LogP contribution in [0.25, 0.3) is 0 Å². The van der Waals surface area contributed by atoms with Gasteiger partial charge in [0.2, 0.25) is 0 Å². The summed E-state index contributed by atoms with van der Waals surface area (Å²) in [6.07, 6.45) is -0.374. The Kier molecular flexibility index (Phi) is 4.47. The predicted octanol–water partition coefficient (Wildman–Crippen LogP) is 1.47. The third-order valence-electron chi connectivity index (χ3n) is 3.78. The van der Waals surface area contributed by atoms with Crippen LogP contribution in [0.2, 0.25) is 0 Å². The van der Waals surface area contributed by atoms with Crippen molar-refractivity contribution in [2.24, 2.45) is 0 Å². The Hall–Kier alpha value is -3.20. The topological polar surface area (TPSA) is 112 Å². The number of rotatable bonds is 5. The summed E-state index contributed by atoms with van der Waals surface area (Å²) in [6.45, 7) is -0.392. The standard InChI is InChI=1S/C17H14N2O6S/c20-15-11-18(13-6-2-1-3-7-13)17(23)19(15)26(24,25)14-8-4-5-12(9-14)10-16(21)22/h1-9H,10-11H2,(H,21,22). The number of carbonyl (C=O) groups is 3. The van der Waals surface area contributed by atoms with Gasteiger partial charge in [-0.25, -0.2) is 13.2 Å². The van der Waals surface area contributed by atoms with Gasteiger partial charge in [-0.1, -0.05) is 30.3 Å². The first kappa shape index (κ1) is 17.6. The zero-order valence-electron chi connectivity index (χ0n) is 13.4. The molecule has 0 atom stereocenters. The highest BCUT2D eigenvalue weighted by atomic mass is 32.2. The van der Waals surface area contributed by atoms with Crippen molar-refractivity contribution in [1.82, 2.24) is 4.31 Å². The lowest BCUT2D eigenvalue weighted by Crippen LogP contribution is -2.38. The minimum absolute atomic E-state index is 0.222. The van der Waals surface area contributed by atoms with Crippen LogP contribution in [0.3, 0.4) is 0 Å². The molecule has 1 aliphatic rings. The predicted molar refractivity (Wildman–Crippen MR) is 91.0 cm³/mol. The Morgan fingerprint density at radius 1 is 1.04 bits per heavy atom. The molecule has 2 aromatic carbocycles. The van der Waals surface area contributed by atoms with Gasteiger partial charge in [-0.05, 0) is 29.8 Å². The maximum absolute atomic E-state index is 12.8. The molecule has 0 saturated carbocycles. The number of imide groups is 1. The van der Waals surface area contributed by atoms with Crippen LogP contribution in [-0.2, 0) is 26.0 Å².